The first-order valence-corrected chi connectivity index (χ1v) is 7.82. The summed E-state index contributed by atoms with van der Waals surface area (Å²) in [5.41, 5.74) is 1.01. The number of thiazole rings is 1. The molecular weight excluding hydrogens is 310 g/mol. The number of anilines is 1. The number of urea groups is 1. The Morgan fingerprint density at radius 3 is 2.90 bits per heavy atom. The largest absolute Gasteiger partial charge is 0.371 e. The number of carbonyl (C=O) groups is 1. The van der Waals surface area contributed by atoms with Crippen LogP contribution in [0.1, 0.15) is 18.1 Å². The van der Waals surface area contributed by atoms with Gasteiger partial charge in [0.2, 0.25) is 0 Å². The average Bonchev–Trinajstić information content (AvgIpc) is 3.11. The third-order valence-electron chi connectivity index (χ3n) is 3.26. The molecule has 2 atom stereocenters. The van der Waals surface area contributed by atoms with Gasteiger partial charge in [0, 0.05) is 23.2 Å². The summed E-state index contributed by atoms with van der Waals surface area (Å²) >= 11 is 7.27. The quantitative estimate of drug-likeness (QED) is 0.909. The van der Waals surface area contributed by atoms with E-state index in [1.807, 2.05) is 29.6 Å². The molecule has 1 aromatic carbocycles. The number of halogens is 1. The van der Waals surface area contributed by atoms with E-state index in [-0.39, 0.29) is 18.2 Å². The fourth-order valence-corrected chi connectivity index (χ4v) is 2.96. The molecule has 1 saturated heterocycles. The molecule has 21 heavy (non-hydrogen) atoms. The minimum absolute atomic E-state index is 0.0638. The van der Waals surface area contributed by atoms with Crippen LogP contribution in [0.2, 0.25) is 5.02 Å². The van der Waals surface area contributed by atoms with Crippen molar-refractivity contribution < 1.29 is 9.53 Å². The highest BCUT2D eigenvalue weighted by Crippen LogP contribution is 2.30. The van der Waals surface area contributed by atoms with E-state index in [4.69, 9.17) is 16.3 Å². The molecule has 0 spiro atoms. The fraction of sp³-hybridized carbons (Fsp3) is 0.286. The Kier molecular flexibility index (Phi) is 4.38. The van der Waals surface area contributed by atoms with Crippen molar-refractivity contribution in [2.45, 2.75) is 18.6 Å². The number of carbonyl (C=O) groups excluding carboxylic acids is 1. The number of nitrogens with zero attached hydrogens (tertiary/aromatic N) is 1. The minimum Gasteiger partial charge on any atom is -0.371 e. The average molecular weight is 324 g/mol. The number of amides is 2. The molecule has 0 radical (unpaired) electrons. The number of hydrogen-bond donors (Lipinski definition) is 2. The van der Waals surface area contributed by atoms with E-state index in [9.17, 15) is 4.79 Å². The Balaban J connectivity index is 1.64. The maximum Gasteiger partial charge on any atom is 0.321 e. The van der Waals surface area contributed by atoms with Crippen LogP contribution in [0.25, 0.3) is 0 Å². The third kappa shape index (κ3) is 3.53. The normalized spacial score (nSPS) is 21.2. The summed E-state index contributed by atoms with van der Waals surface area (Å²) in [4.78, 5) is 16.0. The summed E-state index contributed by atoms with van der Waals surface area (Å²) in [5.74, 6) is 0. The highest BCUT2D eigenvalue weighted by atomic mass is 35.5. The van der Waals surface area contributed by atoms with Gasteiger partial charge in [0.1, 0.15) is 6.10 Å². The molecular formula is C14H14ClN3O2S. The lowest BCUT2D eigenvalue weighted by molar-refractivity contribution is 0.100. The lowest BCUT2D eigenvalue weighted by atomic mass is 10.0. The van der Waals surface area contributed by atoms with Gasteiger partial charge in [-0.25, -0.2) is 9.78 Å². The van der Waals surface area contributed by atoms with E-state index in [2.05, 4.69) is 15.6 Å². The number of aromatic nitrogens is 1. The highest BCUT2D eigenvalue weighted by molar-refractivity contribution is 7.13. The summed E-state index contributed by atoms with van der Waals surface area (Å²) < 4.78 is 5.73. The fourth-order valence-electron chi connectivity index (χ4n) is 2.31. The number of ether oxygens (including phenoxy) is 1. The minimum atomic E-state index is -0.264. The maximum atomic E-state index is 12.0. The molecule has 1 fully saturated rings. The van der Waals surface area contributed by atoms with E-state index in [0.717, 1.165) is 12.0 Å². The van der Waals surface area contributed by atoms with Crippen LogP contribution in [-0.4, -0.2) is 23.7 Å². The van der Waals surface area contributed by atoms with Crippen molar-refractivity contribution in [2.75, 3.05) is 11.9 Å². The molecule has 2 heterocycles. The number of rotatable bonds is 3. The topological polar surface area (TPSA) is 63.2 Å². The molecule has 0 aliphatic carbocycles. The Morgan fingerprint density at radius 1 is 1.38 bits per heavy atom. The molecule has 7 heteroatoms. The van der Waals surface area contributed by atoms with Crippen LogP contribution in [0.15, 0.2) is 35.8 Å². The van der Waals surface area contributed by atoms with Gasteiger partial charge >= 0.3 is 6.03 Å². The van der Waals surface area contributed by atoms with Gasteiger partial charge in [-0.2, -0.15) is 0 Å². The van der Waals surface area contributed by atoms with Crippen LogP contribution < -0.4 is 10.6 Å². The molecule has 5 nitrogen and oxygen atoms in total. The molecule has 0 bridgehead atoms. The number of benzene rings is 1. The summed E-state index contributed by atoms with van der Waals surface area (Å²) in [6.07, 6.45) is 2.28. The molecule has 2 aromatic rings. The molecule has 3 rings (SSSR count). The van der Waals surface area contributed by atoms with Crippen molar-refractivity contribution >= 4 is 34.1 Å². The van der Waals surface area contributed by atoms with Crippen LogP contribution in [-0.2, 0) is 4.74 Å². The summed E-state index contributed by atoms with van der Waals surface area (Å²) in [6.45, 7) is 0.621. The molecule has 0 saturated carbocycles. The second-order valence-electron chi connectivity index (χ2n) is 4.67. The monoisotopic (exact) mass is 323 g/mol. The SMILES string of the molecule is O=C(Nc1nccs1)N[C@H]1CCO[C@H]1c1ccc(Cl)cc1. The van der Waals surface area contributed by atoms with Crippen LogP contribution in [0.3, 0.4) is 0 Å². The van der Waals surface area contributed by atoms with E-state index in [1.165, 1.54) is 11.3 Å². The zero-order valence-electron chi connectivity index (χ0n) is 11.1. The Morgan fingerprint density at radius 2 is 2.19 bits per heavy atom. The van der Waals surface area contributed by atoms with Gasteiger partial charge in [-0.15, -0.1) is 11.3 Å². The number of nitrogens with one attached hydrogen (secondary N) is 2. The molecule has 1 aliphatic rings. The Labute approximate surface area is 131 Å². The summed E-state index contributed by atoms with van der Waals surface area (Å²) in [5, 5.41) is 8.72. The van der Waals surface area contributed by atoms with Gasteiger partial charge in [-0.1, -0.05) is 23.7 Å². The first-order valence-electron chi connectivity index (χ1n) is 6.56. The molecule has 0 unspecified atom stereocenters. The lowest BCUT2D eigenvalue weighted by Gasteiger charge is -2.20. The molecule has 2 N–H and O–H groups in total. The Hall–Kier alpha value is -1.63. The maximum absolute atomic E-state index is 12.0. The zero-order valence-corrected chi connectivity index (χ0v) is 12.7. The van der Waals surface area contributed by atoms with Gasteiger partial charge in [0.05, 0.1) is 6.04 Å². The molecule has 1 aliphatic heterocycles. The van der Waals surface area contributed by atoms with Crippen LogP contribution >= 0.6 is 22.9 Å². The van der Waals surface area contributed by atoms with Crippen molar-refractivity contribution in [1.82, 2.24) is 10.3 Å². The van der Waals surface area contributed by atoms with Crippen molar-refractivity contribution in [3.05, 3.63) is 46.4 Å². The second kappa shape index (κ2) is 6.43. The second-order valence-corrected chi connectivity index (χ2v) is 6.00. The van der Waals surface area contributed by atoms with Crippen molar-refractivity contribution in [1.29, 1.82) is 0 Å². The molecule has 110 valence electrons. The van der Waals surface area contributed by atoms with Gasteiger partial charge < -0.3 is 10.1 Å². The Bertz CT molecular complexity index is 603. The van der Waals surface area contributed by atoms with E-state index in [1.54, 1.807) is 6.20 Å². The lowest BCUT2D eigenvalue weighted by Crippen LogP contribution is -2.39. The molecule has 1 aromatic heterocycles. The first-order chi connectivity index (χ1) is 10.2. The predicted octanol–water partition coefficient (Wildman–Crippen LogP) is 3.45. The van der Waals surface area contributed by atoms with Crippen LogP contribution in [0.5, 0.6) is 0 Å². The summed E-state index contributed by atoms with van der Waals surface area (Å²) in [7, 11) is 0. The van der Waals surface area contributed by atoms with Crippen molar-refractivity contribution in [3.63, 3.8) is 0 Å². The van der Waals surface area contributed by atoms with Crippen LogP contribution in [0, 0.1) is 0 Å². The third-order valence-corrected chi connectivity index (χ3v) is 4.20. The van der Waals surface area contributed by atoms with Crippen molar-refractivity contribution in [2.24, 2.45) is 0 Å². The van der Waals surface area contributed by atoms with E-state index < -0.39 is 0 Å². The van der Waals surface area contributed by atoms with E-state index in [0.29, 0.717) is 16.8 Å². The van der Waals surface area contributed by atoms with Gasteiger partial charge in [0.15, 0.2) is 5.13 Å². The summed E-state index contributed by atoms with van der Waals surface area (Å²) in [6, 6.07) is 7.17. The molecule has 2 amide bonds. The smallest absolute Gasteiger partial charge is 0.321 e. The predicted molar refractivity (Wildman–Crippen MR) is 82.8 cm³/mol. The van der Waals surface area contributed by atoms with Gasteiger partial charge in [0.25, 0.3) is 0 Å². The van der Waals surface area contributed by atoms with E-state index >= 15 is 0 Å². The van der Waals surface area contributed by atoms with Gasteiger partial charge in [-0.05, 0) is 24.1 Å². The van der Waals surface area contributed by atoms with Gasteiger partial charge in [-0.3, -0.25) is 5.32 Å². The standard InChI is InChI=1S/C14H14ClN3O2S/c15-10-3-1-9(2-4-10)12-11(5-7-20-12)17-13(19)18-14-16-6-8-21-14/h1-4,6,8,11-12H,5,7H2,(H2,16,17,18,19)/t11-,12-/m0/s1. The first kappa shape index (κ1) is 14.3. The van der Waals surface area contributed by atoms with Crippen LogP contribution in [0.4, 0.5) is 9.93 Å². The highest BCUT2D eigenvalue weighted by Gasteiger charge is 2.31. The number of hydrogen-bond acceptors (Lipinski definition) is 4. The zero-order chi connectivity index (χ0) is 14.7. The van der Waals surface area contributed by atoms with Crippen molar-refractivity contribution in [3.8, 4) is 0 Å².